The lowest BCUT2D eigenvalue weighted by atomic mass is 10.1. The van der Waals surface area contributed by atoms with E-state index in [-0.39, 0.29) is 24.1 Å². The Hall–Kier alpha value is -2.17. The number of nitrogens with zero attached hydrogens (tertiary/aromatic N) is 2. The average molecular weight is 332 g/mol. The van der Waals surface area contributed by atoms with Crippen LogP contribution in [0.4, 0.5) is 4.39 Å². The first-order chi connectivity index (χ1) is 11.5. The van der Waals surface area contributed by atoms with Gasteiger partial charge in [-0.05, 0) is 37.5 Å². The molecule has 130 valence electrons. The van der Waals surface area contributed by atoms with Crippen molar-refractivity contribution in [1.82, 2.24) is 9.80 Å². The first-order valence-electron chi connectivity index (χ1n) is 8.49. The summed E-state index contributed by atoms with van der Waals surface area (Å²) in [7, 11) is 0. The Kier molecular flexibility index (Phi) is 6.53. The van der Waals surface area contributed by atoms with Gasteiger partial charge < -0.3 is 9.80 Å². The molecule has 4 nitrogen and oxygen atoms in total. The van der Waals surface area contributed by atoms with Gasteiger partial charge in [0.25, 0.3) is 0 Å². The van der Waals surface area contributed by atoms with Crippen LogP contribution in [0.1, 0.15) is 32.3 Å². The van der Waals surface area contributed by atoms with Crippen LogP contribution in [0.25, 0.3) is 0 Å². The number of carbonyl (C=O) groups is 2. The van der Waals surface area contributed by atoms with Crippen molar-refractivity contribution in [2.75, 3.05) is 26.2 Å². The van der Waals surface area contributed by atoms with Crippen LogP contribution in [0, 0.1) is 5.82 Å². The highest BCUT2D eigenvalue weighted by Gasteiger charge is 2.22. The maximum absolute atomic E-state index is 13.2. The van der Waals surface area contributed by atoms with E-state index in [0.29, 0.717) is 31.7 Å². The maximum atomic E-state index is 13.2. The lowest BCUT2D eigenvalue weighted by molar-refractivity contribution is -0.131. The molecule has 24 heavy (non-hydrogen) atoms. The SMILES string of the molecule is CCC=C(C)C(=O)N1CCCN(C(=O)Cc2cccc(F)c2)CC1. The summed E-state index contributed by atoms with van der Waals surface area (Å²) in [6.45, 7) is 6.21. The fourth-order valence-corrected chi connectivity index (χ4v) is 2.95. The quantitative estimate of drug-likeness (QED) is 0.796. The molecule has 5 heteroatoms. The topological polar surface area (TPSA) is 40.6 Å². The van der Waals surface area contributed by atoms with Crippen LogP contribution in [-0.2, 0) is 16.0 Å². The largest absolute Gasteiger partial charge is 0.341 e. The summed E-state index contributed by atoms with van der Waals surface area (Å²) in [6, 6.07) is 6.14. The highest BCUT2D eigenvalue weighted by Crippen LogP contribution is 2.11. The van der Waals surface area contributed by atoms with E-state index in [4.69, 9.17) is 0 Å². The van der Waals surface area contributed by atoms with Gasteiger partial charge >= 0.3 is 0 Å². The first-order valence-corrected chi connectivity index (χ1v) is 8.49. The molecular formula is C19H25FN2O2. The van der Waals surface area contributed by atoms with Gasteiger partial charge in [0.15, 0.2) is 0 Å². The third kappa shape index (κ3) is 4.91. The summed E-state index contributed by atoms with van der Waals surface area (Å²) >= 11 is 0. The van der Waals surface area contributed by atoms with Gasteiger partial charge in [-0.2, -0.15) is 0 Å². The van der Waals surface area contributed by atoms with E-state index in [1.165, 1.54) is 12.1 Å². The predicted molar refractivity (Wildman–Crippen MR) is 91.9 cm³/mol. The van der Waals surface area contributed by atoms with Crippen molar-refractivity contribution in [1.29, 1.82) is 0 Å². The lowest BCUT2D eigenvalue weighted by Crippen LogP contribution is -2.38. The Labute approximate surface area is 142 Å². The Morgan fingerprint density at radius 3 is 2.58 bits per heavy atom. The minimum atomic E-state index is -0.328. The summed E-state index contributed by atoms with van der Waals surface area (Å²) < 4.78 is 13.2. The number of hydrogen-bond donors (Lipinski definition) is 0. The van der Waals surface area contributed by atoms with Crippen LogP contribution in [0.5, 0.6) is 0 Å². The highest BCUT2D eigenvalue weighted by atomic mass is 19.1. The molecule has 1 aromatic carbocycles. The number of amides is 2. The predicted octanol–water partition coefficient (Wildman–Crippen LogP) is 2.79. The molecule has 1 heterocycles. The number of allylic oxidation sites excluding steroid dienone is 1. The minimum Gasteiger partial charge on any atom is -0.341 e. The third-order valence-electron chi connectivity index (χ3n) is 4.23. The summed E-state index contributed by atoms with van der Waals surface area (Å²) in [4.78, 5) is 28.4. The Morgan fingerprint density at radius 2 is 1.88 bits per heavy atom. The molecule has 0 radical (unpaired) electrons. The molecule has 0 unspecified atom stereocenters. The highest BCUT2D eigenvalue weighted by molar-refractivity contribution is 5.92. The van der Waals surface area contributed by atoms with Crippen LogP contribution in [0.3, 0.4) is 0 Å². The molecule has 0 spiro atoms. The van der Waals surface area contributed by atoms with E-state index in [1.54, 1.807) is 17.0 Å². The number of carbonyl (C=O) groups excluding carboxylic acids is 2. The molecule has 0 atom stereocenters. The van der Waals surface area contributed by atoms with Gasteiger partial charge in [0.2, 0.25) is 11.8 Å². The van der Waals surface area contributed by atoms with Gasteiger partial charge in [-0.3, -0.25) is 9.59 Å². The van der Waals surface area contributed by atoms with E-state index in [2.05, 4.69) is 0 Å². The van der Waals surface area contributed by atoms with Gasteiger partial charge in [0, 0.05) is 31.8 Å². The molecule has 0 aliphatic carbocycles. The molecule has 2 amide bonds. The van der Waals surface area contributed by atoms with Crippen LogP contribution in [0.2, 0.25) is 0 Å². The van der Waals surface area contributed by atoms with Gasteiger partial charge in [0.05, 0.1) is 6.42 Å². The molecule has 1 saturated heterocycles. The van der Waals surface area contributed by atoms with Gasteiger partial charge in [-0.15, -0.1) is 0 Å². The molecular weight excluding hydrogens is 307 g/mol. The smallest absolute Gasteiger partial charge is 0.249 e. The molecule has 0 aromatic heterocycles. The van der Waals surface area contributed by atoms with E-state index in [1.807, 2.05) is 24.8 Å². The van der Waals surface area contributed by atoms with E-state index >= 15 is 0 Å². The molecule has 0 bridgehead atoms. The number of rotatable bonds is 4. The number of benzene rings is 1. The van der Waals surface area contributed by atoms with E-state index < -0.39 is 0 Å². The molecule has 1 aliphatic heterocycles. The second-order valence-corrected chi connectivity index (χ2v) is 6.13. The molecule has 0 N–H and O–H groups in total. The average Bonchev–Trinajstić information content (AvgIpc) is 2.80. The Bertz CT molecular complexity index is 628. The second-order valence-electron chi connectivity index (χ2n) is 6.13. The summed E-state index contributed by atoms with van der Waals surface area (Å²) in [5.74, 6) is -0.293. The minimum absolute atomic E-state index is 0.0179. The van der Waals surface area contributed by atoms with E-state index in [9.17, 15) is 14.0 Å². The molecule has 0 saturated carbocycles. The monoisotopic (exact) mass is 332 g/mol. The summed E-state index contributed by atoms with van der Waals surface area (Å²) in [6.07, 6.45) is 3.73. The summed E-state index contributed by atoms with van der Waals surface area (Å²) in [5, 5.41) is 0. The standard InChI is InChI=1S/C19H25FN2O2/c1-3-6-15(2)19(24)22-10-5-9-21(11-12-22)18(23)14-16-7-4-8-17(20)13-16/h4,6-8,13H,3,5,9-12,14H2,1-2H3. The first kappa shape index (κ1) is 18.2. The fourth-order valence-electron chi connectivity index (χ4n) is 2.95. The van der Waals surface area contributed by atoms with Crippen molar-refractivity contribution in [3.8, 4) is 0 Å². The van der Waals surface area contributed by atoms with Crippen molar-refractivity contribution in [3.63, 3.8) is 0 Å². The second kappa shape index (κ2) is 8.62. The Morgan fingerprint density at radius 1 is 1.17 bits per heavy atom. The van der Waals surface area contributed by atoms with Crippen LogP contribution in [-0.4, -0.2) is 47.8 Å². The van der Waals surface area contributed by atoms with Crippen LogP contribution < -0.4 is 0 Å². The van der Waals surface area contributed by atoms with Crippen molar-refractivity contribution < 1.29 is 14.0 Å². The van der Waals surface area contributed by atoms with E-state index in [0.717, 1.165) is 18.4 Å². The molecule has 1 fully saturated rings. The fraction of sp³-hybridized carbons (Fsp3) is 0.474. The normalized spacial score (nSPS) is 16.0. The maximum Gasteiger partial charge on any atom is 0.249 e. The summed E-state index contributed by atoms with van der Waals surface area (Å²) in [5.41, 5.74) is 1.44. The molecule has 1 aliphatic rings. The lowest BCUT2D eigenvalue weighted by Gasteiger charge is -2.22. The zero-order chi connectivity index (χ0) is 17.5. The molecule has 1 aromatic rings. The van der Waals surface area contributed by atoms with Crippen LogP contribution in [0.15, 0.2) is 35.9 Å². The number of halogens is 1. The third-order valence-corrected chi connectivity index (χ3v) is 4.23. The van der Waals surface area contributed by atoms with Crippen molar-refractivity contribution in [3.05, 3.63) is 47.3 Å². The zero-order valence-corrected chi connectivity index (χ0v) is 14.4. The van der Waals surface area contributed by atoms with Crippen molar-refractivity contribution in [2.24, 2.45) is 0 Å². The number of hydrogen-bond acceptors (Lipinski definition) is 2. The zero-order valence-electron chi connectivity index (χ0n) is 14.4. The van der Waals surface area contributed by atoms with Gasteiger partial charge in [0.1, 0.15) is 5.82 Å². The van der Waals surface area contributed by atoms with Crippen LogP contribution >= 0.6 is 0 Å². The van der Waals surface area contributed by atoms with Gasteiger partial charge in [-0.25, -0.2) is 4.39 Å². The molecule has 2 rings (SSSR count). The Balaban J connectivity index is 1.94. The van der Waals surface area contributed by atoms with Crippen molar-refractivity contribution >= 4 is 11.8 Å². The van der Waals surface area contributed by atoms with Gasteiger partial charge in [-0.1, -0.05) is 25.1 Å². The van der Waals surface area contributed by atoms with Crippen molar-refractivity contribution in [2.45, 2.75) is 33.1 Å².